The lowest BCUT2D eigenvalue weighted by Gasteiger charge is -2.12. The number of benzene rings is 3. The fourth-order valence-electron chi connectivity index (χ4n) is 3.72. The largest absolute Gasteiger partial charge is 0.573 e. The second-order valence-corrected chi connectivity index (χ2v) is 8.45. The van der Waals surface area contributed by atoms with Crippen molar-refractivity contribution in [3.63, 3.8) is 0 Å². The molecule has 0 bridgehead atoms. The van der Waals surface area contributed by atoms with Crippen LogP contribution in [0.3, 0.4) is 0 Å². The van der Waals surface area contributed by atoms with Gasteiger partial charge in [-0.1, -0.05) is 12.1 Å². The van der Waals surface area contributed by atoms with E-state index in [4.69, 9.17) is 14.6 Å². The van der Waals surface area contributed by atoms with Crippen molar-refractivity contribution in [2.24, 2.45) is 0 Å². The van der Waals surface area contributed by atoms with Gasteiger partial charge in [0.1, 0.15) is 29.5 Å². The zero-order valence-electron chi connectivity index (χ0n) is 20.6. The van der Waals surface area contributed by atoms with Gasteiger partial charge in [-0.15, -0.1) is 13.2 Å². The molecule has 3 aromatic carbocycles. The average Bonchev–Trinajstić information content (AvgIpc) is 3.30. The van der Waals surface area contributed by atoms with Gasteiger partial charge < -0.3 is 19.3 Å². The van der Waals surface area contributed by atoms with E-state index in [1.54, 1.807) is 19.1 Å². The number of hydrogen-bond donors (Lipinski definition) is 1. The number of aryl methyl sites for hydroxylation is 1. The quantitative estimate of drug-likeness (QED) is 0.224. The minimum atomic E-state index is -4.92. The van der Waals surface area contributed by atoms with Crippen LogP contribution in [0.1, 0.15) is 16.8 Å². The fraction of sp³-hybridized carbons (Fsp3) is 0.185. The van der Waals surface area contributed by atoms with E-state index in [2.05, 4.69) is 9.84 Å². The summed E-state index contributed by atoms with van der Waals surface area (Å²) in [7, 11) is 0. The molecule has 0 amide bonds. The highest BCUT2D eigenvalue weighted by Crippen LogP contribution is 2.33. The number of carboxylic acids is 1. The van der Waals surface area contributed by atoms with Crippen molar-refractivity contribution < 1.29 is 50.5 Å². The third kappa shape index (κ3) is 7.24. The Bertz CT molecular complexity index is 1500. The van der Waals surface area contributed by atoms with Gasteiger partial charge >= 0.3 is 18.5 Å². The van der Waals surface area contributed by atoms with Crippen LogP contribution in [0.2, 0.25) is 0 Å². The maximum atomic E-state index is 13.1. The topological polar surface area (TPSA) is 82.8 Å². The summed E-state index contributed by atoms with van der Waals surface area (Å²) < 4.78 is 93.8. The van der Waals surface area contributed by atoms with Gasteiger partial charge in [0.15, 0.2) is 6.61 Å². The van der Waals surface area contributed by atoms with Crippen LogP contribution < -0.4 is 14.2 Å². The summed E-state index contributed by atoms with van der Waals surface area (Å²) in [6, 6.07) is 15.5. The normalized spacial score (nSPS) is 11.8. The number of alkyl halides is 6. The molecule has 0 aliphatic heterocycles. The number of rotatable bonds is 9. The molecule has 0 atom stereocenters. The number of carbonyl (C=O) groups is 1. The molecule has 4 aromatic rings. The Balaban J connectivity index is 1.64. The Hall–Kier alpha value is -4.68. The number of carboxylic acid groups (broad SMARTS) is 1. The van der Waals surface area contributed by atoms with Gasteiger partial charge in [0, 0.05) is 5.56 Å². The minimum Gasteiger partial charge on any atom is -0.487 e. The van der Waals surface area contributed by atoms with Crippen LogP contribution in [0.4, 0.5) is 26.3 Å². The van der Waals surface area contributed by atoms with Crippen molar-refractivity contribution in [2.45, 2.75) is 26.1 Å². The highest BCUT2D eigenvalue weighted by molar-refractivity contribution is 5.68. The summed E-state index contributed by atoms with van der Waals surface area (Å²) in [5, 5.41) is 13.2. The van der Waals surface area contributed by atoms with E-state index in [0.717, 1.165) is 24.3 Å². The number of halogens is 6. The average molecular weight is 566 g/mol. The second-order valence-electron chi connectivity index (χ2n) is 8.45. The van der Waals surface area contributed by atoms with E-state index in [9.17, 15) is 31.1 Å². The maximum Gasteiger partial charge on any atom is 0.573 e. The number of aliphatic carboxylic acids is 1. The molecule has 13 heteroatoms. The summed E-state index contributed by atoms with van der Waals surface area (Å²) in [4.78, 5) is 10.7. The highest BCUT2D eigenvalue weighted by atomic mass is 19.4. The van der Waals surface area contributed by atoms with Crippen LogP contribution in [0.25, 0.3) is 16.9 Å². The van der Waals surface area contributed by atoms with E-state index in [-0.39, 0.29) is 23.6 Å². The van der Waals surface area contributed by atoms with E-state index in [0.29, 0.717) is 22.8 Å². The summed E-state index contributed by atoms with van der Waals surface area (Å²) in [6.07, 6.45) is -9.47. The number of hydrogen-bond acceptors (Lipinski definition) is 5. The molecule has 7 nitrogen and oxygen atoms in total. The van der Waals surface area contributed by atoms with Gasteiger partial charge in [0.05, 0.1) is 16.9 Å². The molecular formula is C27H20F6N2O5. The Morgan fingerprint density at radius 3 is 2.25 bits per heavy atom. The minimum absolute atomic E-state index is 0.103. The number of aromatic nitrogens is 2. The number of ether oxygens (including phenoxy) is 3. The van der Waals surface area contributed by atoms with Crippen LogP contribution in [0.15, 0.2) is 72.8 Å². The molecule has 0 unspecified atom stereocenters. The molecule has 0 saturated carbocycles. The van der Waals surface area contributed by atoms with E-state index in [1.807, 2.05) is 0 Å². The molecule has 1 N–H and O–H groups in total. The highest BCUT2D eigenvalue weighted by Gasteiger charge is 2.32. The smallest absolute Gasteiger partial charge is 0.487 e. The van der Waals surface area contributed by atoms with E-state index < -0.39 is 36.4 Å². The van der Waals surface area contributed by atoms with Crippen molar-refractivity contribution >= 4 is 5.97 Å². The van der Waals surface area contributed by atoms with Crippen molar-refractivity contribution in [3.05, 3.63) is 89.6 Å². The Kier molecular flexibility index (Phi) is 7.93. The Morgan fingerprint density at radius 2 is 1.62 bits per heavy atom. The zero-order valence-corrected chi connectivity index (χ0v) is 20.6. The predicted octanol–water partition coefficient (Wildman–Crippen LogP) is 6.81. The number of nitrogens with zero attached hydrogens (tertiary/aromatic N) is 2. The molecule has 210 valence electrons. The molecule has 1 aromatic heterocycles. The van der Waals surface area contributed by atoms with Crippen LogP contribution in [-0.4, -0.2) is 33.8 Å². The van der Waals surface area contributed by atoms with Crippen molar-refractivity contribution in [3.8, 4) is 34.2 Å². The molecule has 0 spiro atoms. The lowest BCUT2D eigenvalue weighted by Crippen LogP contribution is -2.17. The van der Waals surface area contributed by atoms with Crippen LogP contribution in [0, 0.1) is 6.92 Å². The van der Waals surface area contributed by atoms with E-state index >= 15 is 0 Å². The van der Waals surface area contributed by atoms with E-state index in [1.165, 1.54) is 41.1 Å². The molecule has 0 fully saturated rings. The molecule has 0 radical (unpaired) electrons. The first-order valence-electron chi connectivity index (χ1n) is 11.5. The lowest BCUT2D eigenvalue weighted by atomic mass is 10.1. The van der Waals surface area contributed by atoms with Crippen LogP contribution in [0.5, 0.6) is 17.2 Å². The molecule has 1 heterocycles. The summed E-state index contributed by atoms with van der Waals surface area (Å²) >= 11 is 0. The predicted molar refractivity (Wildman–Crippen MR) is 129 cm³/mol. The van der Waals surface area contributed by atoms with Crippen molar-refractivity contribution in [2.75, 3.05) is 6.61 Å². The standard InChI is InChI=1S/C27H20F6N2O5/c1-16-11-21(9-10-24(16)39-15-25(36)37)38-14-19-13-23(17-3-2-4-22(12-17)40-27(31,32)33)35(34-19)20-7-5-18(6-8-20)26(28,29)30/h2-13H,14-15H2,1H3,(H,36,37). The second kappa shape index (κ2) is 11.2. The summed E-state index contributed by atoms with van der Waals surface area (Å²) in [5.74, 6) is -0.866. The first kappa shape index (κ1) is 28.3. The first-order valence-corrected chi connectivity index (χ1v) is 11.5. The summed E-state index contributed by atoms with van der Waals surface area (Å²) in [5.41, 5.74) is 0.820. The van der Waals surface area contributed by atoms with Crippen molar-refractivity contribution in [1.29, 1.82) is 0 Å². The molecule has 0 aliphatic rings. The van der Waals surface area contributed by atoms with Gasteiger partial charge in [-0.3, -0.25) is 0 Å². The SMILES string of the molecule is Cc1cc(OCc2cc(-c3cccc(OC(F)(F)F)c3)n(-c3ccc(C(F)(F)F)cc3)n2)ccc1OCC(=O)O. The molecule has 0 aliphatic carbocycles. The van der Waals surface area contributed by atoms with Crippen LogP contribution in [-0.2, 0) is 17.6 Å². The van der Waals surface area contributed by atoms with Gasteiger partial charge in [-0.05, 0) is 73.2 Å². The Morgan fingerprint density at radius 1 is 0.900 bits per heavy atom. The van der Waals surface area contributed by atoms with Gasteiger partial charge in [0.2, 0.25) is 0 Å². The maximum absolute atomic E-state index is 13.1. The van der Waals surface area contributed by atoms with Crippen molar-refractivity contribution in [1.82, 2.24) is 9.78 Å². The molecular weight excluding hydrogens is 546 g/mol. The van der Waals surface area contributed by atoms with Gasteiger partial charge in [-0.2, -0.15) is 18.3 Å². The lowest BCUT2D eigenvalue weighted by molar-refractivity contribution is -0.274. The molecule has 0 saturated heterocycles. The third-order valence-corrected chi connectivity index (χ3v) is 5.45. The van der Waals surface area contributed by atoms with Gasteiger partial charge in [-0.25, -0.2) is 9.48 Å². The monoisotopic (exact) mass is 566 g/mol. The first-order chi connectivity index (χ1) is 18.8. The molecule has 40 heavy (non-hydrogen) atoms. The third-order valence-electron chi connectivity index (χ3n) is 5.45. The zero-order chi connectivity index (χ0) is 29.1. The van der Waals surface area contributed by atoms with Gasteiger partial charge in [0.25, 0.3) is 0 Å². The Labute approximate surface area is 223 Å². The van der Waals surface area contributed by atoms with Crippen LogP contribution >= 0.6 is 0 Å². The molecule has 4 rings (SSSR count). The summed E-state index contributed by atoms with van der Waals surface area (Å²) in [6.45, 7) is 1.08. The fourth-order valence-corrected chi connectivity index (χ4v) is 3.72.